The van der Waals surface area contributed by atoms with Crippen LogP contribution in [0, 0.1) is 11.8 Å². The summed E-state index contributed by atoms with van der Waals surface area (Å²) >= 11 is 0. The van der Waals surface area contributed by atoms with Gasteiger partial charge in [0.15, 0.2) is 0 Å². The third kappa shape index (κ3) is 4.49. The van der Waals surface area contributed by atoms with Crippen molar-refractivity contribution in [1.29, 1.82) is 0 Å². The Bertz CT molecular complexity index is 1010. The Morgan fingerprint density at radius 1 is 0.839 bits per heavy atom. The van der Waals surface area contributed by atoms with Crippen molar-refractivity contribution in [2.24, 2.45) is 11.8 Å². The van der Waals surface area contributed by atoms with Crippen LogP contribution < -0.4 is 5.32 Å². The number of nitrogens with one attached hydrogen (secondary N) is 1. The fourth-order valence-corrected chi connectivity index (χ4v) is 5.16. The van der Waals surface area contributed by atoms with E-state index in [1.165, 1.54) is 5.56 Å². The van der Waals surface area contributed by atoms with Gasteiger partial charge in [0.2, 0.25) is 0 Å². The molecule has 3 aromatic rings. The van der Waals surface area contributed by atoms with E-state index in [0.717, 1.165) is 49.3 Å². The molecule has 2 bridgehead atoms. The molecule has 1 saturated heterocycles. The van der Waals surface area contributed by atoms with Crippen molar-refractivity contribution in [3.05, 3.63) is 90.5 Å². The van der Waals surface area contributed by atoms with Gasteiger partial charge in [-0.25, -0.2) is 4.79 Å². The van der Waals surface area contributed by atoms with Crippen LogP contribution in [0.15, 0.2) is 84.9 Å². The van der Waals surface area contributed by atoms with Crippen LogP contribution in [0.1, 0.15) is 18.4 Å². The highest BCUT2D eigenvalue weighted by atomic mass is 16.6. The van der Waals surface area contributed by atoms with Crippen molar-refractivity contribution in [1.82, 2.24) is 4.90 Å². The quantitative estimate of drug-likeness (QED) is 0.575. The second-order valence-corrected chi connectivity index (χ2v) is 8.68. The molecule has 1 aliphatic heterocycles. The average molecular weight is 413 g/mol. The van der Waals surface area contributed by atoms with Gasteiger partial charge >= 0.3 is 6.09 Å². The molecule has 0 radical (unpaired) electrons. The molecule has 5 rings (SSSR count). The van der Waals surface area contributed by atoms with Gasteiger partial charge in [-0.2, -0.15) is 0 Å². The summed E-state index contributed by atoms with van der Waals surface area (Å²) in [5.41, 5.74) is 4.21. The molecule has 158 valence electrons. The number of carbonyl (C=O) groups excluding carboxylic acids is 1. The molecule has 0 aromatic heterocycles. The third-order valence-electron chi connectivity index (χ3n) is 6.56. The van der Waals surface area contributed by atoms with Crippen molar-refractivity contribution in [2.45, 2.75) is 25.5 Å². The van der Waals surface area contributed by atoms with Gasteiger partial charge in [-0.05, 0) is 30.0 Å². The van der Waals surface area contributed by atoms with E-state index in [1.54, 1.807) is 0 Å². The molecule has 1 saturated carbocycles. The number of rotatable bonds is 5. The first-order chi connectivity index (χ1) is 15.3. The van der Waals surface area contributed by atoms with Crippen molar-refractivity contribution in [3.8, 4) is 11.1 Å². The number of benzene rings is 3. The maximum Gasteiger partial charge on any atom is 0.411 e. The van der Waals surface area contributed by atoms with Gasteiger partial charge < -0.3 is 4.74 Å². The number of likely N-dealkylation sites (tertiary alicyclic amines) is 1. The molecule has 4 nitrogen and oxygen atoms in total. The summed E-state index contributed by atoms with van der Waals surface area (Å²) < 4.78 is 5.99. The largest absolute Gasteiger partial charge is 0.445 e. The van der Waals surface area contributed by atoms with E-state index >= 15 is 0 Å². The predicted octanol–water partition coefficient (Wildman–Crippen LogP) is 5.81. The summed E-state index contributed by atoms with van der Waals surface area (Å²) in [5, 5.41) is 3.00. The second kappa shape index (κ2) is 8.94. The SMILES string of the molecule is O=C(Nc1ccccc1-c1ccccc1)OC1C2CCC1CN(Cc1ccccc1)C2. The maximum atomic E-state index is 12.8. The lowest BCUT2D eigenvalue weighted by molar-refractivity contribution is 0.00283. The predicted molar refractivity (Wildman–Crippen MR) is 124 cm³/mol. The van der Waals surface area contributed by atoms with Gasteiger partial charge in [0.25, 0.3) is 0 Å². The lowest BCUT2D eigenvalue weighted by Crippen LogP contribution is -2.46. The number of fused-ring (bicyclic) bond motifs is 2. The van der Waals surface area contributed by atoms with Crippen molar-refractivity contribution < 1.29 is 9.53 Å². The van der Waals surface area contributed by atoms with E-state index in [-0.39, 0.29) is 12.2 Å². The Morgan fingerprint density at radius 2 is 1.45 bits per heavy atom. The minimum Gasteiger partial charge on any atom is -0.445 e. The van der Waals surface area contributed by atoms with Gasteiger partial charge in [0.1, 0.15) is 6.10 Å². The van der Waals surface area contributed by atoms with Crippen LogP contribution in [0.3, 0.4) is 0 Å². The van der Waals surface area contributed by atoms with Crippen molar-refractivity contribution in [3.63, 3.8) is 0 Å². The second-order valence-electron chi connectivity index (χ2n) is 8.68. The molecule has 0 spiro atoms. The van der Waals surface area contributed by atoms with Gasteiger partial charge in [-0.3, -0.25) is 10.2 Å². The first-order valence-corrected chi connectivity index (χ1v) is 11.1. The topological polar surface area (TPSA) is 41.6 Å². The molecule has 3 aromatic carbocycles. The highest BCUT2D eigenvalue weighted by Crippen LogP contribution is 2.39. The number of ether oxygens (including phenoxy) is 1. The Balaban J connectivity index is 1.22. The molecule has 2 aliphatic rings. The maximum absolute atomic E-state index is 12.8. The summed E-state index contributed by atoms with van der Waals surface area (Å²) in [4.78, 5) is 15.3. The molecule has 31 heavy (non-hydrogen) atoms. The van der Waals surface area contributed by atoms with Gasteiger partial charge in [-0.1, -0.05) is 78.9 Å². The number of piperidine rings is 1. The van der Waals surface area contributed by atoms with E-state index in [2.05, 4.69) is 52.7 Å². The van der Waals surface area contributed by atoms with Gasteiger partial charge in [0.05, 0.1) is 5.69 Å². The van der Waals surface area contributed by atoms with Crippen LogP contribution in [0.5, 0.6) is 0 Å². The molecule has 4 heteroatoms. The monoisotopic (exact) mass is 412 g/mol. The number of para-hydroxylation sites is 1. The Kier molecular flexibility index (Phi) is 5.72. The molecule has 2 fully saturated rings. The minimum atomic E-state index is -0.346. The zero-order chi connectivity index (χ0) is 21.0. The Morgan fingerprint density at radius 3 is 2.16 bits per heavy atom. The van der Waals surface area contributed by atoms with Crippen LogP contribution in [-0.2, 0) is 11.3 Å². The number of nitrogens with zero attached hydrogens (tertiary/aromatic N) is 1. The standard InChI is InChI=1S/C27H28N2O2/c30-27(28-25-14-8-7-13-24(25)21-11-5-2-6-12-21)31-26-22-15-16-23(26)19-29(18-22)17-20-9-3-1-4-10-20/h1-14,22-23,26H,15-19H2,(H,28,30). The molecule has 2 atom stereocenters. The van der Waals surface area contributed by atoms with E-state index in [1.807, 2.05) is 42.5 Å². The fraction of sp³-hybridized carbons (Fsp3) is 0.296. The molecule has 2 unspecified atom stereocenters. The Hall–Kier alpha value is -3.11. The molecular formula is C27H28N2O2. The van der Waals surface area contributed by atoms with Crippen molar-refractivity contribution >= 4 is 11.8 Å². The lowest BCUT2D eigenvalue weighted by atomic mass is 9.94. The molecule has 1 amide bonds. The molecule has 1 heterocycles. The highest BCUT2D eigenvalue weighted by molar-refractivity contribution is 5.91. The average Bonchev–Trinajstić information content (AvgIpc) is 3.03. The van der Waals surface area contributed by atoms with Crippen molar-refractivity contribution in [2.75, 3.05) is 18.4 Å². The summed E-state index contributed by atoms with van der Waals surface area (Å²) in [7, 11) is 0. The van der Waals surface area contributed by atoms with Crippen LogP contribution in [0.25, 0.3) is 11.1 Å². The van der Waals surface area contributed by atoms with E-state index in [9.17, 15) is 4.79 Å². The number of hydrogen-bond donors (Lipinski definition) is 1. The summed E-state index contributed by atoms with van der Waals surface area (Å²) in [5.74, 6) is 0.829. The molecule has 1 N–H and O–H groups in total. The van der Waals surface area contributed by atoms with E-state index in [0.29, 0.717) is 11.8 Å². The summed E-state index contributed by atoms with van der Waals surface area (Å²) in [6.07, 6.45) is 1.93. The highest BCUT2D eigenvalue weighted by Gasteiger charge is 2.44. The molecule has 1 aliphatic carbocycles. The third-order valence-corrected chi connectivity index (χ3v) is 6.56. The number of carbonyl (C=O) groups is 1. The zero-order valence-corrected chi connectivity index (χ0v) is 17.6. The number of anilines is 1. The number of amides is 1. The normalized spacial score (nSPS) is 22.8. The minimum absolute atomic E-state index is 0.0101. The van der Waals surface area contributed by atoms with Crippen LogP contribution in [-0.4, -0.2) is 30.2 Å². The van der Waals surface area contributed by atoms with Crippen LogP contribution in [0.2, 0.25) is 0 Å². The lowest BCUT2D eigenvalue weighted by Gasteiger charge is -2.37. The number of hydrogen-bond acceptors (Lipinski definition) is 3. The zero-order valence-electron chi connectivity index (χ0n) is 17.6. The van der Waals surface area contributed by atoms with E-state index < -0.39 is 0 Å². The summed E-state index contributed by atoms with van der Waals surface area (Å²) in [6, 6.07) is 28.6. The van der Waals surface area contributed by atoms with Crippen LogP contribution >= 0.6 is 0 Å². The Labute approximate surface area is 183 Å². The first kappa shape index (κ1) is 19.8. The van der Waals surface area contributed by atoms with Gasteiger partial charge in [0, 0.05) is 37.0 Å². The smallest absolute Gasteiger partial charge is 0.411 e. The summed E-state index contributed by atoms with van der Waals surface area (Å²) in [6.45, 7) is 2.95. The van der Waals surface area contributed by atoms with Gasteiger partial charge in [-0.15, -0.1) is 0 Å². The van der Waals surface area contributed by atoms with E-state index in [4.69, 9.17) is 4.74 Å². The molecular weight excluding hydrogens is 384 g/mol. The fourth-order valence-electron chi connectivity index (χ4n) is 5.16. The van der Waals surface area contributed by atoms with Crippen LogP contribution in [0.4, 0.5) is 10.5 Å². The first-order valence-electron chi connectivity index (χ1n) is 11.1.